The van der Waals surface area contributed by atoms with Crippen LogP contribution in [0.5, 0.6) is 0 Å². The van der Waals surface area contributed by atoms with E-state index in [1.165, 1.54) is 0 Å². The molecule has 0 aromatic carbocycles. The Kier molecular flexibility index (Phi) is 4.48. The first-order chi connectivity index (χ1) is 9.66. The molecule has 0 amide bonds. The molecule has 3 N–H and O–H groups in total. The number of hydrogen-bond donors (Lipinski definition) is 2. The predicted octanol–water partition coefficient (Wildman–Crippen LogP) is 0.211. The molecular weight excluding hydrogens is 316 g/mol. The molecule has 2 heterocycles. The van der Waals surface area contributed by atoms with E-state index in [0.29, 0.717) is 17.1 Å². The lowest BCUT2D eigenvalue weighted by atomic mass is 10.2. The van der Waals surface area contributed by atoms with E-state index < -0.39 is 19.9 Å². The first-order valence-corrected chi connectivity index (χ1v) is 9.98. The van der Waals surface area contributed by atoms with E-state index in [2.05, 4.69) is 4.72 Å². The van der Waals surface area contributed by atoms with Crippen LogP contribution in [0.15, 0.2) is 9.31 Å². The molecule has 0 bridgehead atoms. The minimum Gasteiger partial charge on any atom is -0.465 e. The van der Waals surface area contributed by atoms with Crippen molar-refractivity contribution in [1.82, 2.24) is 4.72 Å². The third-order valence-corrected chi connectivity index (χ3v) is 7.10. The molecule has 21 heavy (non-hydrogen) atoms. The summed E-state index contributed by atoms with van der Waals surface area (Å²) >= 11 is 0. The summed E-state index contributed by atoms with van der Waals surface area (Å²) in [5.74, 6) is 0.797. The highest BCUT2D eigenvalue weighted by Gasteiger charge is 2.31. The van der Waals surface area contributed by atoms with Gasteiger partial charge in [-0.2, -0.15) is 0 Å². The van der Waals surface area contributed by atoms with E-state index in [1.54, 1.807) is 13.8 Å². The largest absolute Gasteiger partial charge is 0.465 e. The maximum absolute atomic E-state index is 12.5. The normalized spacial score (nSPS) is 19.8. The van der Waals surface area contributed by atoms with E-state index in [-0.39, 0.29) is 41.8 Å². The number of nitrogens with two attached hydrogens (primary N) is 1. The Morgan fingerprint density at radius 2 is 1.81 bits per heavy atom. The topological polar surface area (TPSA) is 119 Å². The number of hydrogen-bond acceptors (Lipinski definition) is 6. The summed E-state index contributed by atoms with van der Waals surface area (Å²) in [4.78, 5) is 0.0796. The molecule has 0 radical (unpaired) electrons. The maximum Gasteiger partial charge on any atom is 0.244 e. The number of rotatable bonds is 4. The maximum atomic E-state index is 12.5. The number of nitrogens with one attached hydrogen (secondary N) is 1. The first-order valence-electron chi connectivity index (χ1n) is 6.68. The molecule has 1 fully saturated rings. The smallest absolute Gasteiger partial charge is 0.244 e. The highest BCUT2D eigenvalue weighted by atomic mass is 32.2. The fraction of sp³-hybridized carbons (Fsp3) is 0.667. The van der Waals surface area contributed by atoms with Gasteiger partial charge in [-0.3, -0.25) is 0 Å². The Morgan fingerprint density at radius 3 is 2.33 bits per heavy atom. The molecule has 1 aliphatic heterocycles. The fourth-order valence-electron chi connectivity index (χ4n) is 2.58. The summed E-state index contributed by atoms with van der Waals surface area (Å²) < 4.78 is 55.7. The number of sulfone groups is 1. The van der Waals surface area contributed by atoms with Crippen LogP contribution in [0.25, 0.3) is 0 Å². The Balaban J connectivity index is 2.24. The van der Waals surface area contributed by atoms with E-state index >= 15 is 0 Å². The second-order valence-electron chi connectivity index (χ2n) is 5.27. The molecule has 0 spiro atoms. The van der Waals surface area contributed by atoms with Crippen molar-refractivity contribution in [2.24, 2.45) is 5.73 Å². The molecule has 9 heteroatoms. The van der Waals surface area contributed by atoms with Crippen LogP contribution in [0, 0.1) is 13.8 Å². The second-order valence-corrected chi connectivity index (χ2v) is 9.23. The lowest BCUT2D eigenvalue weighted by molar-refractivity contribution is 0.488. The summed E-state index contributed by atoms with van der Waals surface area (Å²) in [5, 5.41) is 0. The molecule has 0 saturated carbocycles. The number of aryl methyl sites for hydroxylation is 2. The molecule has 2 rings (SSSR count). The van der Waals surface area contributed by atoms with Gasteiger partial charge in [-0.1, -0.05) is 0 Å². The van der Waals surface area contributed by atoms with Gasteiger partial charge in [-0.05, 0) is 26.7 Å². The van der Waals surface area contributed by atoms with Crippen molar-refractivity contribution in [3.05, 3.63) is 17.1 Å². The van der Waals surface area contributed by atoms with Gasteiger partial charge in [0.2, 0.25) is 10.0 Å². The average molecular weight is 336 g/mol. The van der Waals surface area contributed by atoms with Gasteiger partial charge in [0.1, 0.15) is 26.3 Å². The number of sulfonamides is 1. The van der Waals surface area contributed by atoms with Crippen molar-refractivity contribution in [1.29, 1.82) is 0 Å². The standard InChI is InChI=1S/C12H20N2O5S2/c1-8-11(7-13)12(9(2)19-8)21(17,18)14-10-3-5-20(15,16)6-4-10/h10,14H,3-7,13H2,1-2H3. The molecule has 1 aromatic rings. The van der Waals surface area contributed by atoms with Crippen molar-refractivity contribution < 1.29 is 21.3 Å². The van der Waals surface area contributed by atoms with E-state index in [0.717, 1.165) is 0 Å². The Hall–Kier alpha value is -0.900. The fourth-order valence-corrected chi connectivity index (χ4v) is 5.84. The summed E-state index contributed by atoms with van der Waals surface area (Å²) in [7, 11) is -6.79. The SMILES string of the molecule is Cc1oc(C)c(S(=O)(=O)NC2CCS(=O)(=O)CC2)c1CN. The number of furan rings is 1. The third kappa shape index (κ3) is 3.47. The second kappa shape index (κ2) is 5.71. The highest BCUT2D eigenvalue weighted by molar-refractivity contribution is 7.91. The van der Waals surface area contributed by atoms with Crippen molar-refractivity contribution in [2.75, 3.05) is 11.5 Å². The quantitative estimate of drug-likeness (QED) is 0.811. The van der Waals surface area contributed by atoms with Crippen molar-refractivity contribution in [2.45, 2.75) is 44.2 Å². The van der Waals surface area contributed by atoms with Gasteiger partial charge in [-0.25, -0.2) is 21.6 Å². The average Bonchev–Trinajstić information content (AvgIpc) is 2.66. The Bertz CT molecular complexity index is 720. The van der Waals surface area contributed by atoms with Gasteiger partial charge in [-0.15, -0.1) is 0 Å². The molecule has 0 aliphatic carbocycles. The summed E-state index contributed by atoms with van der Waals surface area (Å²) in [6, 6.07) is -0.376. The van der Waals surface area contributed by atoms with E-state index in [9.17, 15) is 16.8 Å². The molecule has 0 unspecified atom stereocenters. The summed E-state index contributed by atoms with van der Waals surface area (Å²) in [5.41, 5.74) is 6.06. The molecular formula is C12H20N2O5S2. The van der Waals surface area contributed by atoms with Gasteiger partial charge >= 0.3 is 0 Å². The van der Waals surface area contributed by atoms with Crippen LogP contribution in [0.1, 0.15) is 29.9 Å². The monoisotopic (exact) mass is 336 g/mol. The summed E-state index contributed by atoms with van der Waals surface area (Å²) in [6.45, 7) is 3.31. The third-order valence-electron chi connectivity index (χ3n) is 3.67. The predicted molar refractivity (Wildman–Crippen MR) is 78.1 cm³/mol. The minimum absolute atomic E-state index is 0.00727. The summed E-state index contributed by atoms with van der Waals surface area (Å²) in [6.07, 6.45) is 0.574. The van der Waals surface area contributed by atoms with Crippen LogP contribution in [-0.2, 0) is 26.4 Å². The van der Waals surface area contributed by atoms with Crippen molar-refractivity contribution in [3.8, 4) is 0 Å². The molecule has 120 valence electrons. The van der Waals surface area contributed by atoms with Crippen LogP contribution in [0.2, 0.25) is 0 Å². The van der Waals surface area contributed by atoms with Crippen molar-refractivity contribution in [3.63, 3.8) is 0 Å². The van der Waals surface area contributed by atoms with E-state index in [4.69, 9.17) is 10.2 Å². The molecule has 1 saturated heterocycles. The molecule has 0 atom stereocenters. The highest BCUT2D eigenvalue weighted by Crippen LogP contribution is 2.27. The van der Waals surface area contributed by atoms with Crippen LogP contribution in [-0.4, -0.2) is 34.4 Å². The van der Waals surface area contributed by atoms with Gasteiger partial charge in [0.05, 0.1) is 11.5 Å². The lowest BCUT2D eigenvalue weighted by Gasteiger charge is -2.23. The van der Waals surface area contributed by atoms with Gasteiger partial charge < -0.3 is 10.2 Å². The van der Waals surface area contributed by atoms with Gasteiger partial charge in [0.25, 0.3) is 0 Å². The minimum atomic E-state index is -3.77. The van der Waals surface area contributed by atoms with Crippen LogP contribution >= 0.6 is 0 Å². The van der Waals surface area contributed by atoms with Crippen molar-refractivity contribution >= 4 is 19.9 Å². The Morgan fingerprint density at radius 1 is 1.24 bits per heavy atom. The Labute approximate surface area is 124 Å². The van der Waals surface area contributed by atoms with Crippen LogP contribution < -0.4 is 10.5 Å². The molecule has 1 aromatic heterocycles. The first kappa shape index (κ1) is 16.5. The van der Waals surface area contributed by atoms with Crippen LogP contribution in [0.3, 0.4) is 0 Å². The zero-order valence-electron chi connectivity index (χ0n) is 12.0. The zero-order chi connectivity index (χ0) is 15.8. The van der Waals surface area contributed by atoms with Gasteiger partial charge in [0, 0.05) is 18.2 Å². The molecule has 1 aliphatic rings. The van der Waals surface area contributed by atoms with E-state index in [1.807, 2.05) is 0 Å². The zero-order valence-corrected chi connectivity index (χ0v) is 13.7. The van der Waals surface area contributed by atoms with Gasteiger partial charge in [0.15, 0.2) is 0 Å². The molecule has 7 nitrogen and oxygen atoms in total. The lowest BCUT2D eigenvalue weighted by Crippen LogP contribution is -2.41. The van der Waals surface area contributed by atoms with Crippen LogP contribution in [0.4, 0.5) is 0 Å².